The lowest BCUT2D eigenvalue weighted by molar-refractivity contribution is -0.144. The topological polar surface area (TPSA) is 142 Å². The third-order valence-corrected chi connectivity index (χ3v) is 3.94. The first-order valence-electron chi connectivity index (χ1n) is 9.32. The maximum absolute atomic E-state index is 12.6. The number of carbonyl (C=O) groups is 3. The highest BCUT2D eigenvalue weighted by molar-refractivity contribution is 5.81. The number of aliphatic carboxylic acids is 2. The van der Waals surface area contributed by atoms with Gasteiger partial charge in [0.2, 0.25) is 0 Å². The molecule has 0 spiro atoms. The molecule has 0 aliphatic rings. The third-order valence-electron chi connectivity index (χ3n) is 3.94. The molecular formula is C20H28FNO8. The lowest BCUT2D eigenvalue weighted by Gasteiger charge is -2.23. The van der Waals surface area contributed by atoms with Crippen molar-refractivity contribution in [2.45, 2.75) is 51.4 Å². The summed E-state index contributed by atoms with van der Waals surface area (Å²) in [5.74, 6) is -3.39. The molecule has 0 saturated carbocycles. The largest absolute Gasteiger partial charge is 0.485 e. The summed E-state index contributed by atoms with van der Waals surface area (Å²) in [6.07, 6.45) is -2.29. The number of nitrogens with one attached hydrogen (secondary N) is 1. The van der Waals surface area contributed by atoms with Gasteiger partial charge in [-0.25, -0.2) is 14.0 Å². The van der Waals surface area contributed by atoms with Crippen LogP contribution in [0.15, 0.2) is 24.3 Å². The van der Waals surface area contributed by atoms with E-state index < -0.39 is 55.0 Å². The van der Waals surface area contributed by atoms with Crippen LogP contribution in [0.4, 0.5) is 9.18 Å². The molecule has 9 nitrogen and oxygen atoms in total. The molecule has 0 radical (unpaired) electrons. The molecule has 0 saturated heterocycles. The lowest BCUT2D eigenvalue weighted by atomic mass is 9.92. The molecule has 0 aliphatic carbocycles. The molecule has 0 heterocycles. The van der Waals surface area contributed by atoms with E-state index >= 15 is 0 Å². The normalized spacial score (nSPS) is 14.3. The number of alkyl carbamates (subject to hydrolysis) is 1. The second-order valence-electron chi connectivity index (χ2n) is 7.73. The molecule has 0 bridgehead atoms. The fourth-order valence-corrected chi connectivity index (χ4v) is 2.53. The van der Waals surface area contributed by atoms with Gasteiger partial charge in [0.25, 0.3) is 0 Å². The number of alkyl halides is 1. The summed E-state index contributed by atoms with van der Waals surface area (Å²) in [5, 5.41) is 30.0. The summed E-state index contributed by atoms with van der Waals surface area (Å²) >= 11 is 0. The van der Waals surface area contributed by atoms with E-state index in [0.29, 0.717) is 11.3 Å². The summed E-state index contributed by atoms with van der Waals surface area (Å²) in [7, 11) is 0. The summed E-state index contributed by atoms with van der Waals surface area (Å²) in [5.41, 5.74) is -0.252. The van der Waals surface area contributed by atoms with E-state index in [1.54, 1.807) is 32.9 Å². The molecule has 1 rings (SSSR count). The Morgan fingerprint density at radius 2 is 1.70 bits per heavy atom. The highest BCUT2D eigenvalue weighted by atomic mass is 19.1. The average molecular weight is 429 g/mol. The quantitative estimate of drug-likeness (QED) is 0.418. The number of aliphatic hydroxyl groups is 1. The van der Waals surface area contributed by atoms with Crippen LogP contribution in [-0.4, -0.2) is 64.4 Å². The van der Waals surface area contributed by atoms with E-state index in [2.05, 4.69) is 5.32 Å². The highest BCUT2D eigenvalue weighted by Crippen LogP contribution is 2.20. The van der Waals surface area contributed by atoms with Crippen molar-refractivity contribution in [1.82, 2.24) is 5.32 Å². The van der Waals surface area contributed by atoms with Gasteiger partial charge in [0, 0.05) is 0 Å². The van der Waals surface area contributed by atoms with E-state index in [1.165, 1.54) is 12.1 Å². The van der Waals surface area contributed by atoms with Crippen molar-refractivity contribution in [2.24, 2.45) is 5.92 Å². The number of rotatable bonds is 11. The minimum Gasteiger partial charge on any atom is -0.485 e. The van der Waals surface area contributed by atoms with Crippen molar-refractivity contribution in [2.75, 3.05) is 13.3 Å². The van der Waals surface area contributed by atoms with Gasteiger partial charge in [-0.15, -0.1) is 0 Å². The Morgan fingerprint density at radius 1 is 1.10 bits per heavy atom. The molecule has 0 fully saturated rings. The molecule has 1 aromatic rings. The first-order valence-corrected chi connectivity index (χ1v) is 9.32. The van der Waals surface area contributed by atoms with Crippen molar-refractivity contribution < 1.29 is 43.6 Å². The summed E-state index contributed by atoms with van der Waals surface area (Å²) in [6, 6.07) is 4.68. The zero-order valence-electron chi connectivity index (χ0n) is 17.1. The Kier molecular flexibility index (Phi) is 9.51. The van der Waals surface area contributed by atoms with Gasteiger partial charge in [0.05, 0.1) is 12.5 Å². The fourth-order valence-electron chi connectivity index (χ4n) is 2.53. The lowest BCUT2D eigenvalue weighted by Crippen LogP contribution is -2.45. The van der Waals surface area contributed by atoms with E-state index in [4.69, 9.17) is 14.6 Å². The van der Waals surface area contributed by atoms with E-state index in [9.17, 15) is 29.0 Å². The molecular weight excluding hydrogens is 401 g/mol. The van der Waals surface area contributed by atoms with E-state index in [-0.39, 0.29) is 12.8 Å². The monoisotopic (exact) mass is 429 g/mol. The SMILES string of the molecule is CC(C)(C)OC(=O)N[C@H](C[C@H](Cc1ccc(OC(CO)CF)cc1)C(=O)O)C(=O)O. The average Bonchev–Trinajstić information content (AvgIpc) is 2.64. The first kappa shape index (κ1) is 25.2. The predicted molar refractivity (Wildman–Crippen MR) is 104 cm³/mol. The molecule has 3 atom stereocenters. The van der Waals surface area contributed by atoms with E-state index in [1.807, 2.05) is 0 Å². The number of carbonyl (C=O) groups excluding carboxylic acids is 1. The number of hydrogen-bond acceptors (Lipinski definition) is 6. The van der Waals surface area contributed by atoms with Crippen LogP contribution in [0.3, 0.4) is 0 Å². The fraction of sp³-hybridized carbons (Fsp3) is 0.550. The van der Waals surface area contributed by atoms with Crippen LogP contribution < -0.4 is 10.1 Å². The number of aliphatic hydroxyl groups excluding tert-OH is 1. The number of carboxylic acids is 2. The minimum atomic E-state index is -1.45. The molecule has 10 heteroatoms. The van der Waals surface area contributed by atoms with Crippen LogP contribution >= 0.6 is 0 Å². The van der Waals surface area contributed by atoms with Crippen molar-refractivity contribution in [3.8, 4) is 5.75 Å². The van der Waals surface area contributed by atoms with Gasteiger partial charge in [-0.1, -0.05) is 12.1 Å². The first-order chi connectivity index (χ1) is 13.9. The number of carboxylic acid groups (broad SMARTS) is 2. The van der Waals surface area contributed by atoms with Gasteiger partial charge < -0.3 is 30.1 Å². The highest BCUT2D eigenvalue weighted by Gasteiger charge is 2.30. The van der Waals surface area contributed by atoms with Crippen LogP contribution in [0.2, 0.25) is 0 Å². The number of hydrogen-bond donors (Lipinski definition) is 4. The smallest absolute Gasteiger partial charge is 0.408 e. The Morgan fingerprint density at radius 3 is 2.13 bits per heavy atom. The van der Waals surface area contributed by atoms with Gasteiger partial charge in [0.15, 0.2) is 0 Å². The van der Waals surface area contributed by atoms with Gasteiger partial charge in [-0.05, 0) is 51.3 Å². The maximum Gasteiger partial charge on any atom is 0.408 e. The predicted octanol–water partition coefficient (Wildman–Crippen LogP) is 2.01. The second kappa shape index (κ2) is 11.3. The van der Waals surface area contributed by atoms with Gasteiger partial charge in [-0.2, -0.15) is 0 Å². The molecule has 1 amide bonds. The summed E-state index contributed by atoms with van der Waals surface area (Å²) < 4.78 is 22.9. The molecule has 0 aromatic heterocycles. The zero-order chi connectivity index (χ0) is 22.9. The van der Waals surface area contributed by atoms with E-state index in [0.717, 1.165) is 0 Å². The zero-order valence-corrected chi connectivity index (χ0v) is 17.1. The van der Waals surface area contributed by atoms with Crippen molar-refractivity contribution >= 4 is 18.0 Å². The Hall–Kier alpha value is -2.88. The van der Waals surface area contributed by atoms with Crippen LogP contribution in [-0.2, 0) is 20.7 Å². The molecule has 168 valence electrons. The summed E-state index contributed by atoms with van der Waals surface area (Å²) in [6.45, 7) is 3.51. The molecule has 30 heavy (non-hydrogen) atoms. The van der Waals surface area contributed by atoms with Crippen molar-refractivity contribution in [3.63, 3.8) is 0 Å². The van der Waals surface area contributed by atoms with Crippen molar-refractivity contribution in [3.05, 3.63) is 29.8 Å². The van der Waals surface area contributed by atoms with Crippen LogP contribution in [0.1, 0.15) is 32.8 Å². The Labute approximate surface area is 173 Å². The summed E-state index contributed by atoms with van der Waals surface area (Å²) in [4.78, 5) is 35.0. The van der Waals surface area contributed by atoms with Crippen LogP contribution in [0.5, 0.6) is 5.75 Å². The number of amides is 1. The second-order valence-corrected chi connectivity index (χ2v) is 7.73. The molecule has 1 aromatic carbocycles. The Bertz CT molecular complexity index is 713. The molecule has 0 aliphatic heterocycles. The maximum atomic E-state index is 12.6. The minimum absolute atomic E-state index is 0.00192. The third kappa shape index (κ3) is 9.08. The van der Waals surface area contributed by atoms with Gasteiger partial charge >= 0.3 is 18.0 Å². The number of halogens is 1. The van der Waals surface area contributed by atoms with Crippen LogP contribution in [0, 0.1) is 5.92 Å². The molecule has 4 N–H and O–H groups in total. The number of ether oxygens (including phenoxy) is 2. The number of benzene rings is 1. The Balaban J connectivity index is 2.81. The molecule has 1 unspecified atom stereocenters. The van der Waals surface area contributed by atoms with Gasteiger partial charge in [-0.3, -0.25) is 4.79 Å². The van der Waals surface area contributed by atoms with Gasteiger partial charge in [0.1, 0.15) is 30.2 Å². The van der Waals surface area contributed by atoms with Crippen LogP contribution in [0.25, 0.3) is 0 Å². The van der Waals surface area contributed by atoms with Crippen molar-refractivity contribution in [1.29, 1.82) is 0 Å². The standard InChI is InChI=1S/C20H28FNO8/c1-20(2,3)30-19(28)22-16(18(26)27)9-13(17(24)25)8-12-4-6-14(7-5-12)29-15(10-21)11-23/h4-7,13,15-16,23H,8-11H2,1-3H3,(H,22,28)(H,24,25)(H,26,27)/t13-,15?,16+/m0/s1.